The van der Waals surface area contributed by atoms with Crippen LogP contribution >= 0.6 is 10.7 Å². The molecule has 102 valence electrons. The summed E-state index contributed by atoms with van der Waals surface area (Å²) in [5, 5.41) is 0. The first-order chi connectivity index (χ1) is 8.79. The average Bonchev–Trinajstić information content (AvgIpc) is 2.66. The van der Waals surface area contributed by atoms with Crippen molar-refractivity contribution in [3.63, 3.8) is 0 Å². The van der Waals surface area contributed by atoms with Gasteiger partial charge in [-0.3, -0.25) is 14.3 Å². The quantitative estimate of drug-likeness (QED) is 0.751. The van der Waals surface area contributed by atoms with Crippen LogP contribution in [0.5, 0.6) is 0 Å². The molecule has 0 saturated heterocycles. The summed E-state index contributed by atoms with van der Waals surface area (Å²) in [5.41, 5.74) is -1.78. The van der Waals surface area contributed by atoms with Gasteiger partial charge in [-0.15, -0.1) is 0 Å². The van der Waals surface area contributed by atoms with Gasteiger partial charge in [-0.05, 0) is 0 Å². The highest BCUT2D eigenvalue weighted by Crippen LogP contribution is 2.08. The molecule has 10 heteroatoms. The molecule has 2 aromatic rings. The van der Waals surface area contributed by atoms with E-state index >= 15 is 0 Å². The highest BCUT2D eigenvalue weighted by molar-refractivity contribution is 8.13. The first kappa shape index (κ1) is 13.6. The topological polar surface area (TPSA) is 107 Å². The minimum absolute atomic E-state index is 0.0124. The van der Waals surface area contributed by atoms with Gasteiger partial charge in [0.2, 0.25) is 0 Å². The number of imidazole rings is 1. The molecule has 0 aliphatic rings. The predicted octanol–water partition coefficient (Wildman–Crippen LogP) is -0.754. The summed E-state index contributed by atoms with van der Waals surface area (Å²) in [6.45, 7) is 0.0124. The number of H-pyrrole nitrogens is 1. The van der Waals surface area contributed by atoms with Gasteiger partial charge < -0.3 is 4.57 Å². The van der Waals surface area contributed by atoms with Gasteiger partial charge in [0.25, 0.3) is 14.6 Å². The molecule has 0 aliphatic carbocycles. The lowest BCUT2D eigenvalue weighted by molar-refractivity contribution is 0.600. The summed E-state index contributed by atoms with van der Waals surface area (Å²) in [4.78, 5) is 28.2. The number of nitrogens with zero attached hydrogens (tertiary/aromatic N) is 3. The number of aromatic nitrogens is 4. The zero-order chi connectivity index (χ0) is 14.2. The van der Waals surface area contributed by atoms with Gasteiger partial charge in [0.05, 0.1) is 6.54 Å². The van der Waals surface area contributed by atoms with Crippen molar-refractivity contribution in [1.29, 1.82) is 0 Å². The van der Waals surface area contributed by atoms with Crippen LogP contribution in [0.4, 0.5) is 0 Å². The number of rotatable bonds is 3. The fraction of sp³-hybridized carbons (Fsp3) is 0.222. The van der Waals surface area contributed by atoms with Crippen molar-refractivity contribution in [3.8, 4) is 0 Å². The molecule has 0 atom stereocenters. The number of hydrogen-bond acceptors (Lipinski definition) is 5. The molecule has 0 aliphatic heterocycles. The number of hydrogen-bond donors (Lipinski definition) is 1. The molecule has 0 fully saturated rings. The third kappa shape index (κ3) is 2.76. The second-order valence-corrected chi connectivity index (χ2v) is 6.31. The Morgan fingerprint density at radius 3 is 2.63 bits per heavy atom. The Kier molecular flexibility index (Phi) is 3.33. The third-order valence-electron chi connectivity index (χ3n) is 2.47. The summed E-state index contributed by atoms with van der Waals surface area (Å²) < 4.78 is 25.1. The normalized spacial score (nSPS) is 11.7. The van der Waals surface area contributed by atoms with Crippen LogP contribution in [0.15, 0.2) is 33.1 Å². The van der Waals surface area contributed by atoms with Gasteiger partial charge in [0, 0.05) is 36.3 Å². The molecule has 2 rings (SSSR count). The molecule has 0 bridgehead atoms. The first-order valence-electron chi connectivity index (χ1n) is 5.03. The maximum atomic E-state index is 11.6. The minimum atomic E-state index is -4.22. The van der Waals surface area contributed by atoms with Crippen molar-refractivity contribution in [2.45, 2.75) is 11.4 Å². The predicted molar refractivity (Wildman–Crippen MR) is 66.7 cm³/mol. The summed E-state index contributed by atoms with van der Waals surface area (Å²) >= 11 is 0. The van der Waals surface area contributed by atoms with E-state index in [4.69, 9.17) is 10.7 Å². The van der Waals surface area contributed by atoms with Gasteiger partial charge in [0.1, 0.15) is 5.82 Å². The van der Waals surface area contributed by atoms with E-state index in [-0.39, 0.29) is 6.54 Å². The van der Waals surface area contributed by atoms with Gasteiger partial charge in [-0.2, -0.15) is 0 Å². The van der Waals surface area contributed by atoms with E-state index in [1.165, 1.54) is 6.20 Å². The molecule has 19 heavy (non-hydrogen) atoms. The standard InChI is InChI=1S/C9H9ClN4O4S/c1-13-3-2-11-7(13)5-14-4-6(19(10,17)18)8(15)12-9(14)16/h2-4H,5H2,1H3,(H,12,15,16). The Bertz CT molecular complexity index is 832. The van der Waals surface area contributed by atoms with Gasteiger partial charge in [-0.25, -0.2) is 18.2 Å². The maximum Gasteiger partial charge on any atom is 0.328 e. The van der Waals surface area contributed by atoms with Crippen molar-refractivity contribution in [2.24, 2.45) is 7.05 Å². The largest absolute Gasteiger partial charge is 0.337 e. The SMILES string of the molecule is Cn1ccnc1Cn1cc(S(=O)(=O)Cl)c(=O)[nH]c1=O. The fourth-order valence-electron chi connectivity index (χ4n) is 1.48. The smallest absolute Gasteiger partial charge is 0.328 e. The monoisotopic (exact) mass is 304 g/mol. The van der Waals surface area contributed by atoms with E-state index in [1.807, 2.05) is 4.98 Å². The van der Waals surface area contributed by atoms with Crippen molar-refractivity contribution in [1.82, 2.24) is 19.1 Å². The lowest BCUT2D eigenvalue weighted by Crippen LogP contribution is -2.33. The second kappa shape index (κ2) is 4.67. The maximum absolute atomic E-state index is 11.6. The first-order valence-corrected chi connectivity index (χ1v) is 7.34. The van der Waals surface area contributed by atoms with Crippen LogP contribution in [-0.2, 0) is 22.6 Å². The zero-order valence-electron chi connectivity index (χ0n) is 9.70. The van der Waals surface area contributed by atoms with E-state index in [1.54, 1.807) is 17.8 Å². The summed E-state index contributed by atoms with van der Waals surface area (Å²) in [5.74, 6) is 0.520. The number of halogens is 1. The lowest BCUT2D eigenvalue weighted by atomic mass is 10.5. The summed E-state index contributed by atoms with van der Waals surface area (Å²) in [6.07, 6.45) is 4.11. The van der Waals surface area contributed by atoms with Gasteiger partial charge >= 0.3 is 5.69 Å². The van der Waals surface area contributed by atoms with Gasteiger partial charge in [0.15, 0.2) is 4.90 Å². The molecule has 0 aromatic carbocycles. The second-order valence-electron chi connectivity index (χ2n) is 3.77. The van der Waals surface area contributed by atoms with Crippen LogP contribution in [-0.4, -0.2) is 27.5 Å². The van der Waals surface area contributed by atoms with Crippen molar-refractivity contribution in [3.05, 3.63) is 45.3 Å². The molecule has 0 radical (unpaired) electrons. The van der Waals surface area contributed by atoms with Gasteiger partial charge in [-0.1, -0.05) is 0 Å². The van der Waals surface area contributed by atoms with E-state index in [0.717, 1.165) is 10.8 Å². The fourth-order valence-corrected chi connectivity index (χ4v) is 2.34. The van der Waals surface area contributed by atoms with Crippen molar-refractivity contribution < 1.29 is 8.42 Å². The average molecular weight is 305 g/mol. The Hall–Kier alpha value is -1.87. The van der Waals surface area contributed by atoms with Crippen LogP contribution in [0.2, 0.25) is 0 Å². The minimum Gasteiger partial charge on any atom is -0.337 e. The summed E-state index contributed by atoms with van der Waals surface area (Å²) in [7, 11) is 2.62. The Labute approximate surface area is 111 Å². The zero-order valence-corrected chi connectivity index (χ0v) is 11.3. The van der Waals surface area contributed by atoms with Crippen molar-refractivity contribution in [2.75, 3.05) is 0 Å². The van der Waals surface area contributed by atoms with E-state index in [9.17, 15) is 18.0 Å². The van der Waals surface area contributed by atoms with Crippen LogP contribution in [0.1, 0.15) is 5.82 Å². The van der Waals surface area contributed by atoms with Crippen LogP contribution in [0, 0.1) is 0 Å². The van der Waals surface area contributed by atoms with Crippen LogP contribution in [0.25, 0.3) is 0 Å². The lowest BCUT2D eigenvalue weighted by Gasteiger charge is -2.06. The van der Waals surface area contributed by atoms with Crippen molar-refractivity contribution >= 4 is 19.7 Å². The number of aryl methyl sites for hydroxylation is 1. The van der Waals surface area contributed by atoms with E-state index < -0.39 is 25.2 Å². The molecule has 0 saturated carbocycles. The Balaban J connectivity index is 2.56. The molecule has 2 aromatic heterocycles. The Morgan fingerprint density at radius 2 is 2.11 bits per heavy atom. The molecule has 8 nitrogen and oxygen atoms in total. The van der Waals surface area contributed by atoms with E-state index in [0.29, 0.717) is 5.82 Å². The molecule has 0 unspecified atom stereocenters. The van der Waals surface area contributed by atoms with E-state index in [2.05, 4.69) is 4.98 Å². The molecular formula is C9H9ClN4O4S. The van der Waals surface area contributed by atoms with Crippen LogP contribution in [0.3, 0.4) is 0 Å². The number of aromatic amines is 1. The highest BCUT2D eigenvalue weighted by atomic mass is 35.7. The molecular weight excluding hydrogens is 296 g/mol. The Morgan fingerprint density at radius 1 is 1.42 bits per heavy atom. The molecule has 0 amide bonds. The number of nitrogens with one attached hydrogen (secondary N) is 1. The molecule has 0 spiro atoms. The molecule has 1 N–H and O–H groups in total. The summed E-state index contributed by atoms with van der Waals surface area (Å²) in [6, 6.07) is 0. The third-order valence-corrected chi connectivity index (χ3v) is 3.79. The highest BCUT2D eigenvalue weighted by Gasteiger charge is 2.17. The molecule has 2 heterocycles. The van der Waals surface area contributed by atoms with Crippen LogP contribution < -0.4 is 11.2 Å².